The molecule has 3 heteroatoms. The Hall–Kier alpha value is -0.410. The normalized spacial score (nSPS) is 20.1. The maximum atomic E-state index is 4.16. The van der Waals surface area contributed by atoms with Gasteiger partial charge in [0, 0.05) is 17.1 Å². The van der Waals surface area contributed by atoms with Crippen molar-refractivity contribution >= 4 is 11.3 Å². The van der Waals surface area contributed by atoms with Gasteiger partial charge in [0.25, 0.3) is 0 Å². The topological polar surface area (TPSA) is 24.9 Å². The first-order chi connectivity index (χ1) is 8.38. The van der Waals surface area contributed by atoms with Crippen molar-refractivity contribution in [1.29, 1.82) is 0 Å². The lowest BCUT2D eigenvalue weighted by atomic mass is 9.91. The van der Waals surface area contributed by atoms with Gasteiger partial charge in [0.05, 0.1) is 5.51 Å². The second-order valence-electron chi connectivity index (χ2n) is 5.25. The molecule has 0 spiro atoms. The summed E-state index contributed by atoms with van der Waals surface area (Å²) in [5.41, 5.74) is 1.94. The largest absolute Gasteiger partial charge is 0.317 e. The first-order valence-electron chi connectivity index (χ1n) is 6.93. The molecule has 1 fully saturated rings. The van der Waals surface area contributed by atoms with Crippen LogP contribution in [0.15, 0.2) is 11.7 Å². The van der Waals surface area contributed by atoms with Gasteiger partial charge in [0.1, 0.15) is 0 Å². The molecule has 1 aromatic rings. The van der Waals surface area contributed by atoms with Crippen LogP contribution in [0.2, 0.25) is 0 Å². The number of nitrogens with zero attached hydrogens (tertiary/aromatic N) is 1. The highest BCUT2D eigenvalue weighted by molar-refractivity contribution is 7.09. The van der Waals surface area contributed by atoms with Crippen LogP contribution in [0.5, 0.6) is 0 Å². The second-order valence-corrected chi connectivity index (χ2v) is 6.22. The van der Waals surface area contributed by atoms with Crippen LogP contribution in [-0.2, 0) is 6.42 Å². The molecule has 0 aromatic carbocycles. The average Bonchev–Trinajstić information content (AvgIpc) is 2.71. The molecule has 1 aliphatic carbocycles. The van der Waals surface area contributed by atoms with Crippen molar-refractivity contribution in [1.82, 2.24) is 10.3 Å². The summed E-state index contributed by atoms with van der Waals surface area (Å²) in [6.07, 6.45) is 13.2. The summed E-state index contributed by atoms with van der Waals surface area (Å²) in [6, 6.07) is 0.638. The number of hydrogen-bond acceptors (Lipinski definition) is 3. The summed E-state index contributed by atoms with van der Waals surface area (Å²) in [4.78, 5) is 5.58. The molecular formula is C14H24N2S. The standard InChI is InChI=1S/C14H24N2S/c1-15-13(9-14-10-16-11-17-14)8-12-6-4-2-3-5-7-12/h10-13,15H,2-9H2,1H3. The smallest absolute Gasteiger partial charge is 0.0794 e. The lowest BCUT2D eigenvalue weighted by Crippen LogP contribution is -2.29. The number of thiazole rings is 1. The Kier molecular flexibility index (Phi) is 5.46. The van der Waals surface area contributed by atoms with Crippen LogP contribution in [0, 0.1) is 5.92 Å². The van der Waals surface area contributed by atoms with Crippen LogP contribution in [0.3, 0.4) is 0 Å². The monoisotopic (exact) mass is 252 g/mol. The number of hydrogen-bond donors (Lipinski definition) is 1. The van der Waals surface area contributed by atoms with E-state index in [0.717, 1.165) is 12.3 Å². The molecule has 0 saturated heterocycles. The van der Waals surface area contributed by atoms with Crippen LogP contribution in [0.4, 0.5) is 0 Å². The maximum absolute atomic E-state index is 4.16. The Labute approximate surface area is 109 Å². The fourth-order valence-electron chi connectivity index (χ4n) is 2.89. The van der Waals surface area contributed by atoms with Crippen LogP contribution in [-0.4, -0.2) is 18.1 Å². The van der Waals surface area contributed by atoms with Gasteiger partial charge in [-0.1, -0.05) is 38.5 Å². The molecule has 2 rings (SSSR count). The molecule has 96 valence electrons. The third-order valence-corrected chi connectivity index (χ3v) is 4.73. The van der Waals surface area contributed by atoms with E-state index in [-0.39, 0.29) is 0 Å². The van der Waals surface area contributed by atoms with E-state index in [1.54, 1.807) is 11.3 Å². The van der Waals surface area contributed by atoms with E-state index >= 15 is 0 Å². The van der Waals surface area contributed by atoms with Crippen LogP contribution in [0.1, 0.15) is 49.8 Å². The molecule has 1 heterocycles. The molecule has 1 atom stereocenters. The highest BCUT2D eigenvalue weighted by Crippen LogP contribution is 2.27. The van der Waals surface area contributed by atoms with Gasteiger partial charge in [-0.2, -0.15) is 0 Å². The molecule has 1 N–H and O–H groups in total. The molecule has 1 aromatic heterocycles. The Morgan fingerprint density at radius 2 is 2.12 bits per heavy atom. The Balaban J connectivity index is 1.81. The zero-order valence-electron chi connectivity index (χ0n) is 10.8. The fourth-order valence-corrected chi connectivity index (χ4v) is 3.57. The van der Waals surface area contributed by atoms with Crippen LogP contribution in [0.25, 0.3) is 0 Å². The quantitative estimate of drug-likeness (QED) is 0.809. The van der Waals surface area contributed by atoms with E-state index in [2.05, 4.69) is 17.3 Å². The maximum Gasteiger partial charge on any atom is 0.0794 e. The van der Waals surface area contributed by atoms with Crippen LogP contribution < -0.4 is 5.32 Å². The highest BCUT2D eigenvalue weighted by Gasteiger charge is 2.17. The SMILES string of the molecule is CNC(Cc1cncs1)CC1CCCCCC1. The van der Waals surface area contributed by atoms with E-state index < -0.39 is 0 Å². The fraction of sp³-hybridized carbons (Fsp3) is 0.786. The van der Waals surface area contributed by atoms with E-state index in [0.29, 0.717) is 6.04 Å². The number of aromatic nitrogens is 1. The minimum Gasteiger partial charge on any atom is -0.317 e. The van der Waals surface area contributed by atoms with Gasteiger partial charge in [-0.25, -0.2) is 0 Å². The Morgan fingerprint density at radius 1 is 1.35 bits per heavy atom. The van der Waals surface area contributed by atoms with E-state index in [1.807, 2.05) is 11.7 Å². The molecule has 0 bridgehead atoms. The third-order valence-electron chi connectivity index (χ3n) is 3.93. The first kappa shape index (κ1) is 13.0. The van der Waals surface area contributed by atoms with E-state index in [4.69, 9.17) is 0 Å². The van der Waals surface area contributed by atoms with E-state index in [1.165, 1.54) is 49.8 Å². The lowest BCUT2D eigenvalue weighted by Gasteiger charge is -2.21. The third kappa shape index (κ3) is 4.40. The van der Waals surface area contributed by atoms with Crippen molar-refractivity contribution in [3.05, 3.63) is 16.6 Å². The van der Waals surface area contributed by atoms with Gasteiger partial charge >= 0.3 is 0 Å². The highest BCUT2D eigenvalue weighted by atomic mass is 32.1. The molecule has 1 saturated carbocycles. The average molecular weight is 252 g/mol. The van der Waals surface area contributed by atoms with Gasteiger partial charge in [-0.05, 0) is 25.8 Å². The van der Waals surface area contributed by atoms with Crippen LogP contribution >= 0.6 is 11.3 Å². The Morgan fingerprint density at radius 3 is 2.71 bits per heavy atom. The predicted octanol–water partition coefficient (Wildman–Crippen LogP) is 3.63. The molecule has 17 heavy (non-hydrogen) atoms. The van der Waals surface area contributed by atoms with Gasteiger partial charge in [0.15, 0.2) is 0 Å². The minimum atomic E-state index is 0.638. The van der Waals surface area contributed by atoms with Crippen molar-refractivity contribution in [2.75, 3.05) is 7.05 Å². The molecule has 1 aliphatic rings. The summed E-state index contributed by atoms with van der Waals surface area (Å²) in [5.74, 6) is 0.947. The molecule has 0 amide bonds. The van der Waals surface area contributed by atoms with Crippen molar-refractivity contribution in [2.24, 2.45) is 5.92 Å². The number of rotatable bonds is 5. The molecule has 0 aliphatic heterocycles. The van der Waals surface area contributed by atoms with Crippen molar-refractivity contribution in [3.63, 3.8) is 0 Å². The molecule has 0 radical (unpaired) electrons. The Bertz CT molecular complexity index is 289. The van der Waals surface area contributed by atoms with Gasteiger partial charge in [-0.3, -0.25) is 4.98 Å². The summed E-state index contributed by atoms with van der Waals surface area (Å²) in [7, 11) is 2.10. The summed E-state index contributed by atoms with van der Waals surface area (Å²) in [5, 5.41) is 3.49. The molecule has 1 unspecified atom stereocenters. The van der Waals surface area contributed by atoms with Gasteiger partial charge < -0.3 is 5.32 Å². The predicted molar refractivity (Wildman–Crippen MR) is 74.5 cm³/mol. The summed E-state index contributed by atoms with van der Waals surface area (Å²) >= 11 is 1.78. The van der Waals surface area contributed by atoms with Crippen molar-refractivity contribution in [2.45, 2.75) is 57.4 Å². The summed E-state index contributed by atoms with van der Waals surface area (Å²) in [6.45, 7) is 0. The zero-order valence-corrected chi connectivity index (χ0v) is 11.6. The second kappa shape index (κ2) is 7.12. The minimum absolute atomic E-state index is 0.638. The van der Waals surface area contributed by atoms with Gasteiger partial charge in [0.2, 0.25) is 0 Å². The van der Waals surface area contributed by atoms with Gasteiger partial charge in [-0.15, -0.1) is 11.3 Å². The molecule has 2 nitrogen and oxygen atoms in total. The van der Waals surface area contributed by atoms with Crippen molar-refractivity contribution < 1.29 is 0 Å². The van der Waals surface area contributed by atoms with Crippen molar-refractivity contribution in [3.8, 4) is 0 Å². The number of nitrogens with one attached hydrogen (secondary N) is 1. The molecular weight excluding hydrogens is 228 g/mol. The summed E-state index contributed by atoms with van der Waals surface area (Å²) < 4.78 is 0. The first-order valence-corrected chi connectivity index (χ1v) is 7.81. The number of likely N-dealkylation sites (N-methyl/N-ethyl adjacent to an activating group) is 1. The van der Waals surface area contributed by atoms with E-state index in [9.17, 15) is 0 Å². The zero-order chi connectivity index (χ0) is 11.9. The lowest BCUT2D eigenvalue weighted by molar-refractivity contribution is 0.362.